The van der Waals surface area contributed by atoms with Crippen LogP contribution in [0, 0.1) is 0 Å². The average molecular weight is 329 g/mol. The van der Waals surface area contributed by atoms with E-state index in [4.69, 9.17) is 10.5 Å². The molecule has 0 aliphatic heterocycles. The van der Waals surface area contributed by atoms with Crippen LogP contribution in [0.25, 0.3) is 11.3 Å². The number of benzene rings is 1. The molecule has 0 spiro atoms. The first kappa shape index (κ1) is 15.0. The Morgan fingerprint density at radius 2 is 2.00 bits per heavy atom. The molecule has 0 atom stereocenters. The number of nitrogens with zero attached hydrogens (tertiary/aromatic N) is 1. The molecule has 0 saturated heterocycles. The number of anilines is 1. The summed E-state index contributed by atoms with van der Waals surface area (Å²) in [4.78, 5) is 4.24. The molecule has 3 nitrogen and oxygen atoms in total. The van der Waals surface area contributed by atoms with E-state index in [9.17, 15) is 0 Å². The second-order valence-corrected chi connectivity index (χ2v) is 4.69. The third-order valence-electron chi connectivity index (χ3n) is 2.44. The Morgan fingerprint density at radius 1 is 1.28 bits per heavy atom. The lowest BCUT2D eigenvalue weighted by Gasteiger charge is -2.05. The van der Waals surface area contributed by atoms with E-state index in [2.05, 4.69) is 11.9 Å². The molecule has 0 radical (unpaired) electrons. The van der Waals surface area contributed by atoms with Crippen LogP contribution in [0.4, 0.5) is 5.13 Å². The fourth-order valence-corrected chi connectivity index (χ4v) is 2.05. The Kier molecular flexibility index (Phi) is 6.15. The standard InChI is InChI=1S/C13H16N2OS.BrH/c1-2-3-8-16-11-6-4-10(5-7-11)12-9-17-13(14)15-12;/h4-7,9H,2-3,8H2,1H3,(H2,14,15);1H. The molecule has 0 bridgehead atoms. The highest BCUT2D eigenvalue weighted by atomic mass is 79.9. The van der Waals surface area contributed by atoms with Crippen LogP contribution in [-0.4, -0.2) is 11.6 Å². The van der Waals surface area contributed by atoms with Crippen LogP contribution in [0.15, 0.2) is 29.6 Å². The Labute approximate surface area is 122 Å². The van der Waals surface area contributed by atoms with Gasteiger partial charge in [-0.25, -0.2) is 4.98 Å². The van der Waals surface area contributed by atoms with E-state index in [1.807, 2.05) is 29.6 Å². The summed E-state index contributed by atoms with van der Waals surface area (Å²) in [6.45, 7) is 2.93. The van der Waals surface area contributed by atoms with Crippen molar-refractivity contribution in [1.82, 2.24) is 4.98 Å². The first-order valence-electron chi connectivity index (χ1n) is 5.74. The molecule has 0 saturated carbocycles. The molecular weight excluding hydrogens is 312 g/mol. The highest BCUT2D eigenvalue weighted by Crippen LogP contribution is 2.24. The lowest BCUT2D eigenvalue weighted by molar-refractivity contribution is 0.309. The first-order valence-corrected chi connectivity index (χ1v) is 6.62. The molecule has 0 aliphatic carbocycles. The Hall–Kier alpha value is -1.07. The van der Waals surface area contributed by atoms with Gasteiger partial charge in [-0.15, -0.1) is 28.3 Å². The summed E-state index contributed by atoms with van der Waals surface area (Å²) >= 11 is 1.46. The molecule has 1 aromatic carbocycles. The van der Waals surface area contributed by atoms with Crippen molar-refractivity contribution in [3.8, 4) is 17.0 Å². The summed E-state index contributed by atoms with van der Waals surface area (Å²) in [7, 11) is 0. The summed E-state index contributed by atoms with van der Waals surface area (Å²) in [5, 5.41) is 2.56. The molecule has 1 aromatic heterocycles. The van der Waals surface area contributed by atoms with Gasteiger partial charge in [0.05, 0.1) is 12.3 Å². The van der Waals surface area contributed by atoms with Crippen LogP contribution < -0.4 is 10.5 Å². The Balaban J connectivity index is 0.00000162. The highest BCUT2D eigenvalue weighted by molar-refractivity contribution is 8.93. The van der Waals surface area contributed by atoms with Crippen molar-refractivity contribution in [2.24, 2.45) is 0 Å². The van der Waals surface area contributed by atoms with Gasteiger partial charge in [0.2, 0.25) is 0 Å². The number of hydrogen-bond acceptors (Lipinski definition) is 4. The maximum Gasteiger partial charge on any atom is 0.180 e. The number of nitrogens with two attached hydrogens (primary N) is 1. The van der Waals surface area contributed by atoms with Crippen LogP contribution in [0.1, 0.15) is 19.8 Å². The number of ether oxygens (including phenoxy) is 1. The van der Waals surface area contributed by atoms with Gasteiger partial charge in [0, 0.05) is 10.9 Å². The predicted molar refractivity (Wildman–Crippen MR) is 82.7 cm³/mol. The zero-order valence-electron chi connectivity index (χ0n) is 10.3. The van der Waals surface area contributed by atoms with Crippen LogP contribution in [-0.2, 0) is 0 Å². The molecule has 2 rings (SSSR count). The smallest absolute Gasteiger partial charge is 0.180 e. The molecule has 0 aliphatic rings. The topological polar surface area (TPSA) is 48.1 Å². The lowest BCUT2D eigenvalue weighted by Crippen LogP contribution is -1.95. The SMILES string of the molecule is Br.CCCCOc1ccc(-c2csc(N)n2)cc1. The van der Waals surface area contributed by atoms with Gasteiger partial charge in [0.15, 0.2) is 5.13 Å². The molecule has 98 valence electrons. The maximum absolute atomic E-state index is 5.61. The van der Waals surface area contributed by atoms with Crippen molar-refractivity contribution in [2.75, 3.05) is 12.3 Å². The lowest BCUT2D eigenvalue weighted by atomic mass is 10.2. The minimum Gasteiger partial charge on any atom is -0.494 e. The molecule has 0 unspecified atom stereocenters. The van der Waals surface area contributed by atoms with Gasteiger partial charge in [0.1, 0.15) is 5.75 Å². The second-order valence-electron chi connectivity index (χ2n) is 3.80. The normalized spacial score (nSPS) is 9.83. The third-order valence-corrected chi connectivity index (χ3v) is 3.11. The minimum atomic E-state index is 0. The number of thiazole rings is 1. The fourth-order valence-electron chi connectivity index (χ4n) is 1.48. The van der Waals surface area contributed by atoms with Gasteiger partial charge in [-0.05, 0) is 30.7 Å². The van der Waals surface area contributed by atoms with Gasteiger partial charge in [-0.2, -0.15) is 0 Å². The first-order chi connectivity index (χ1) is 8.29. The van der Waals surface area contributed by atoms with Crippen LogP contribution in [0.3, 0.4) is 0 Å². The van der Waals surface area contributed by atoms with E-state index >= 15 is 0 Å². The second kappa shape index (κ2) is 7.38. The van der Waals surface area contributed by atoms with Crippen molar-refractivity contribution >= 4 is 33.4 Å². The number of aromatic nitrogens is 1. The number of nitrogen functional groups attached to an aromatic ring is 1. The molecule has 1 heterocycles. The molecule has 0 amide bonds. The minimum absolute atomic E-state index is 0. The van der Waals surface area contributed by atoms with E-state index < -0.39 is 0 Å². The van der Waals surface area contributed by atoms with Gasteiger partial charge < -0.3 is 10.5 Å². The van der Waals surface area contributed by atoms with E-state index in [0.29, 0.717) is 5.13 Å². The van der Waals surface area contributed by atoms with Crippen LogP contribution in [0.5, 0.6) is 5.75 Å². The monoisotopic (exact) mass is 328 g/mol. The zero-order chi connectivity index (χ0) is 12.1. The average Bonchev–Trinajstić information content (AvgIpc) is 2.77. The van der Waals surface area contributed by atoms with Gasteiger partial charge in [-0.3, -0.25) is 0 Å². The number of hydrogen-bond donors (Lipinski definition) is 1. The van der Waals surface area contributed by atoms with Gasteiger partial charge >= 0.3 is 0 Å². The molecular formula is C13H17BrN2OS. The van der Waals surface area contributed by atoms with Crippen molar-refractivity contribution in [2.45, 2.75) is 19.8 Å². The molecule has 18 heavy (non-hydrogen) atoms. The summed E-state index contributed by atoms with van der Waals surface area (Å²) in [5.74, 6) is 0.908. The van der Waals surface area contributed by atoms with E-state index in [1.54, 1.807) is 0 Å². The van der Waals surface area contributed by atoms with Crippen LogP contribution >= 0.6 is 28.3 Å². The predicted octanol–water partition coefficient (Wildman–Crippen LogP) is 4.15. The van der Waals surface area contributed by atoms with E-state index in [-0.39, 0.29) is 17.0 Å². The van der Waals surface area contributed by atoms with E-state index in [1.165, 1.54) is 11.3 Å². The van der Waals surface area contributed by atoms with Gasteiger partial charge in [0.25, 0.3) is 0 Å². The van der Waals surface area contributed by atoms with E-state index in [0.717, 1.165) is 36.5 Å². The molecule has 2 N–H and O–H groups in total. The summed E-state index contributed by atoms with van der Waals surface area (Å²) in [6.07, 6.45) is 2.24. The fraction of sp³-hybridized carbons (Fsp3) is 0.308. The number of unbranched alkanes of at least 4 members (excludes halogenated alkanes) is 1. The zero-order valence-corrected chi connectivity index (χ0v) is 12.8. The van der Waals surface area contributed by atoms with Gasteiger partial charge in [-0.1, -0.05) is 13.3 Å². The summed E-state index contributed by atoms with van der Waals surface area (Å²) < 4.78 is 5.60. The highest BCUT2D eigenvalue weighted by Gasteiger charge is 2.02. The Morgan fingerprint density at radius 3 is 2.56 bits per heavy atom. The van der Waals surface area contributed by atoms with Crippen LogP contribution in [0.2, 0.25) is 0 Å². The molecule has 2 aromatic rings. The number of halogens is 1. The van der Waals surface area contributed by atoms with Crippen molar-refractivity contribution in [3.63, 3.8) is 0 Å². The summed E-state index contributed by atoms with van der Waals surface area (Å²) in [6, 6.07) is 7.96. The van der Waals surface area contributed by atoms with Crippen molar-refractivity contribution in [1.29, 1.82) is 0 Å². The van der Waals surface area contributed by atoms with Crippen molar-refractivity contribution in [3.05, 3.63) is 29.6 Å². The molecule has 0 fully saturated rings. The van der Waals surface area contributed by atoms with Crippen molar-refractivity contribution < 1.29 is 4.74 Å². The maximum atomic E-state index is 5.61. The number of rotatable bonds is 5. The summed E-state index contributed by atoms with van der Waals surface area (Å²) in [5.41, 5.74) is 7.60. The quantitative estimate of drug-likeness (QED) is 0.839. The third kappa shape index (κ3) is 3.99. The Bertz CT molecular complexity index is 470. The largest absolute Gasteiger partial charge is 0.494 e. The molecule has 5 heteroatoms.